The zero-order valence-electron chi connectivity index (χ0n) is 14.7. The highest BCUT2D eigenvalue weighted by Crippen LogP contribution is 2.39. The van der Waals surface area contributed by atoms with E-state index in [4.69, 9.17) is 11.6 Å². The second-order valence-electron chi connectivity index (χ2n) is 5.91. The Bertz CT molecular complexity index is 1060. The maximum atomic E-state index is 12.2. The Morgan fingerprint density at radius 3 is 2.54 bits per heavy atom. The number of aromatic hydroxyl groups is 1. The minimum Gasteiger partial charge on any atom is -0.504 e. The van der Waals surface area contributed by atoms with Crippen LogP contribution in [-0.2, 0) is 0 Å². The van der Waals surface area contributed by atoms with Crippen LogP contribution >= 0.6 is 27.5 Å². The molecule has 2 aromatic carbocycles. The average Bonchev–Trinajstić information content (AvgIpc) is 2.67. The van der Waals surface area contributed by atoms with E-state index in [1.165, 1.54) is 6.07 Å². The van der Waals surface area contributed by atoms with Crippen LogP contribution in [0.4, 0.5) is 10.5 Å². The van der Waals surface area contributed by atoms with Crippen molar-refractivity contribution >= 4 is 45.2 Å². The van der Waals surface area contributed by atoms with E-state index < -0.39 is 11.9 Å². The van der Waals surface area contributed by atoms with E-state index in [0.717, 1.165) is 10.0 Å². The molecule has 3 rings (SSSR count). The van der Waals surface area contributed by atoms with Gasteiger partial charge in [-0.05, 0) is 58.7 Å². The molecule has 3 aromatic rings. The molecule has 0 fully saturated rings. The first-order valence-corrected chi connectivity index (χ1v) is 9.35. The SMILES string of the molecule is Cc1ccccc1C(=O)NC(=O)Nc1ccc(-c2ccc(Br)cn2)c(Cl)c1O. The van der Waals surface area contributed by atoms with Crippen LogP contribution < -0.4 is 10.6 Å². The van der Waals surface area contributed by atoms with Gasteiger partial charge in [0.25, 0.3) is 5.91 Å². The normalized spacial score (nSPS) is 10.4. The first-order valence-electron chi connectivity index (χ1n) is 8.18. The summed E-state index contributed by atoms with van der Waals surface area (Å²) in [5.41, 5.74) is 2.27. The number of benzene rings is 2. The van der Waals surface area contributed by atoms with Crippen molar-refractivity contribution in [1.29, 1.82) is 0 Å². The number of phenols is 1. The Morgan fingerprint density at radius 1 is 1.11 bits per heavy atom. The van der Waals surface area contributed by atoms with Gasteiger partial charge in [0.15, 0.2) is 5.75 Å². The van der Waals surface area contributed by atoms with Crippen LogP contribution in [0.1, 0.15) is 15.9 Å². The van der Waals surface area contributed by atoms with Crippen LogP contribution in [0.5, 0.6) is 5.75 Å². The fraction of sp³-hybridized carbons (Fsp3) is 0.0500. The summed E-state index contributed by atoms with van der Waals surface area (Å²) < 4.78 is 0.810. The van der Waals surface area contributed by atoms with Gasteiger partial charge in [0, 0.05) is 21.8 Å². The number of amides is 3. The molecule has 8 heteroatoms. The van der Waals surface area contributed by atoms with Gasteiger partial charge in [-0.3, -0.25) is 15.1 Å². The summed E-state index contributed by atoms with van der Waals surface area (Å²) in [6.07, 6.45) is 1.61. The van der Waals surface area contributed by atoms with Gasteiger partial charge in [-0.25, -0.2) is 4.79 Å². The molecule has 0 aliphatic rings. The molecule has 0 saturated heterocycles. The van der Waals surface area contributed by atoms with Crippen molar-refractivity contribution in [3.05, 3.63) is 75.4 Å². The molecule has 0 radical (unpaired) electrons. The summed E-state index contributed by atoms with van der Waals surface area (Å²) in [7, 11) is 0. The number of nitrogens with one attached hydrogen (secondary N) is 2. The van der Waals surface area contributed by atoms with Crippen molar-refractivity contribution in [3.63, 3.8) is 0 Å². The van der Waals surface area contributed by atoms with Gasteiger partial charge in [0.05, 0.1) is 16.4 Å². The van der Waals surface area contributed by atoms with Gasteiger partial charge >= 0.3 is 6.03 Å². The van der Waals surface area contributed by atoms with Crippen LogP contribution in [0.2, 0.25) is 5.02 Å². The van der Waals surface area contributed by atoms with Crippen LogP contribution in [0.25, 0.3) is 11.3 Å². The predicted octanol–water partition coefficient (Wildman–Crippen LogP) is 5.14. The van der Waals surface area contributed by atoms with Crippen molar-refractivity contribution in [2.24, 2.45) is 0 Å². The van der Waals surface area contributed by atoms with Gasteiger partial charge in [-0.15, -0.1) is 0 Å². The Balaban J connectivity index is 1.76. The molecule has 28 heavy (non-hydrogen) atoms. The van der Waals surface area contributed by atoms with E-state index in [1.54, 1.807) is 55.6 Å². The largest absolute Gasteiger partial charge is 0.504 e. The Kier molecular flexibility index (Phi) is 5.96. The van der Waals surface area contributed by atoms with Gasteiger partial charge in [0.2, 0.25) is 0 Å². The van der Waals surface area contributed by atoms with E-state index in [9.17, 15) is 14.7 Å². The summed E-state index contributed by atoms with van der Waals surface area (Å²) in [4.78, 5) is 28.6. The lowest BCUT2D eigenvalue weighted by atomic mass is 10.1. The number of phenolic OH excluding ortho intramolecular Hbond substituents is 1. The molecule has 0 unspecified atom stereocenters. The molecule has 0 saturated carbocycles. The number of rotatable bonds is 3. The zero-order chi connectivity index (χ0) is 20.3. The van der Waals surface area contributed by atoms with Crippen molar-refractivity contribution in [2.75, 3.05) is 5.32 Å². The number of halogens is 2. The number of hydrogen-bond donors (Lipinski definition) is 3. The van der Waals surface area contributed by atoms with E-state index in [0.29, 0.717) is 16.8 Å². The number of aryl methyl sites for hydroxylation is 1. The van der Waals surface area contributed by atoms with Crippen LogP contribution in [0.3, 0.4) is 0 Å². The summed E-state index contributed by atoms with van der Waals surface area (Å²) >= 11 is 9.54. The van der Waals surface area contributed by atoms with Crippen LogP contribution in [0, 0.1) is 6.92 Å². The second-order valence-corrected chi connectivity index (χ2v) is 7.20. The third-order valence-electron chi connectivity index (χ3n) is 3.98. The quantitative estimate of drug-likeness (QED) is 0.472. The van der Waals surface area contributed by atoms with E-state index >= 15 is 0 Å². The average molecular weight is 461 g/mol. The van der Waals surface area contributed by atoms with Gasteiger partial charge in [-0.1, -0.05) is 29.8 Å². The number of anilines is 1. The van der Waals surface area contributed by atoms with Crippen molar-refractivity contribution < 1.29 is 14.7 Å². The Morgan fingerprint density at radius 2 is 1.86 bits per heavy atom. The number of imide groups is 1. The highest BCUT2D eigenvalue weighted by atomic mass is 79.9. The highest BCUT2D eigenvalue weighted by Gasteiger charge is 2.17. The minimum absolute atomic E-state index is 0.0397. The Labute approximate surface area is 174 Å². The number of hydrogen-bond acceptors (Lipinski definition) is 4. The third-order valence-corrected chi connectivity index (χ3v) is 4.84. The molecular weight excluding hydrogens is 446 g/mol. The van der Waals surface area contributed by atoms with E-state index in [2.05, 4.69) is 31.5 Å². The molecule has 0 aliphatic heterocycles. The smallest absolute Gasteiger partial charge is 0.326 e. The maximum absolute atomic E-state index is 12.2. The molecule has 1 aromatic heterocycles. The van der Waals surface area contributed by atoms with Crippen molar-refractivity contribution in [1.82, 2.24) is 10.3 Å². The fourth-order valence-corrected chi connectivity index (χ4v) is 3.05. The maximum Gasteiger partial charge on any atom is 0.326 e. The molecule has 3 N–H and O–H groups in total. The molecular formula is C20H15BrClN3O3. The summed E-state index contributed by atoms with van der Waals surface area (Å²) in [5.74, 6) is -0.862. The number of carbonyl (C=O) groups excluding carboxylic acids is 2. The molecule has 0 bridgehead atoms. The molecule has 0 atom stereocenters. The van der Waals surface area contributed by atoms with Crippen LogP contribution in [0.15, 0.2) is 59.2 Å². The summed E-state index contributed by atoms with van der Waals surface area (Å²) in [6.45, 7) is 1.77. The third kappa shape index (κ3) is 4.32. The second kappa shape index (κ2) is 8.41. The molecule has 3 amide bonds. The fourth-order valence-electron chi connectivity index (χ4n) is 2.55. The number of aromatic nitrogens is 1. The molecule has 6 nitrogen and oxygen atoms in total. The molecule has 0 aliphatic carbocycles. The molecule has 142 valence electrons. The standard InChI is InChI=1S/C20H15BrClN3O3/c1-11-4-2-3-5-13(11)19(27)25-20(28)24-16-9-7-14(17(22)18(16)26)15-8-6-12(21)10-23-15/h2-10,26H,1H3,(H2,24,25,27,28). The van der Waals surface area contributed by atoms with E-state index in [1.807, 2.05) is 0 Å². The predicted molar refractivity (Wildman–Crippen MR) is 112 cm³/mol. The zero-order valence-corrected chi connectivity index (χ0v) is 17.0. The molecule has 1 heterocycles. The number of carbonyl (C=O) groups is 2. The number of nitrogens with zero attached hydrogens (tertiary/aromatic N) is 1. The Hall–Kier alpha value is -2.90. The number of urea groups is 1. The van der Waals surface area contributed by atoms with Crippen molar-refractivity contribution in [2.45, 2.75) is 6.92 Å². The van der Waals surface area contributed by atoms with Crippen molar-refractivity contribution in [3.8, 4) is 17.0 Å². The number of pyridine rings is 1. The highest BCUT2D eigenvalue weighted by molar-refractivity contribution is 9.10. The lowest BCUT2D eigenvalue weighted by Crippen LogP contribution is -2.34. The summed E-state index contributed by atoms with van der Waals surface area (Å²) in [5, 5.41) is 15.0. The molecule has 0 spiro atoms. The minimum atomic E-state index is -0.783. The first kappa shape index (κ1) is 19.9. The van der Waals surface area contributed by atoms with Crippen LogP contribution in [-0.4, -0.2) is 22.0 Å². The van der Waals surface area contributed by atoms with E-state index in [-0.39, 0.29) is 16.5 Å². The lowest BCUT2D eigenvalue weighted by Gasteiger charge is -2.12. The van der Waals surface area contributed by atoms with Gasteiger partial charge in [0.1, 0.15) is 0 Å². The van der Waals surface area contributed by atoms with Gasteiger partial charge < -0.3 is 10.4 Å². The van der Waals surface area contributed by atoms with Gasteiger partial charge in [-0.2, -0.15) is 0 Å². The lowest BCUT2D eigenvalue weighted by molar-refractivity contribution is 0.0966. The first-order chi connectivity index (χ1) is 13.4. The summed E-state index contributed by atoms with van der Waals surface area (Å²) in [6, 6.07) is 12.8. The topological polar surface area (TPSA) is 91.3 Å². The monoisotopic (exact) mass is 459 g/mol.